The van der Waals surface area contributed by atoms with Crippen LogP contribution in [-0.4, -0.2) is 72.0 Å². The molecule has 1 heterocycles. The van der Waals surface area contributed by atoms with E-state index in [0.29, 0.717) is 12.0 Å². The van der Waals surface area contributed by atoms with Gasteiger partial charge in [0.1, 0.15) is 0 Å². The van der Waals surface area contributed by atoms with Crippen molar-refractivity contribution in [2.24, 2.45) is 5.92 Å². The molecule has 0 amide bonds. The summed E-state index contributed by atoms with van der Waals surface area (Å²) in [6.45, 7) is 3.09. The van der Waals surface area contributed by atoms with E-state index in [4.69, 9.17) is 9.47 Å². The molecule has 3 nitrogen and oxygen atoms in total. The van der Waals surface area contributed by atoms with Gasteiger partial charge >= 0.3 is 93.8 Å². The van der Waals surface area contributed by atoms with Crippen molar-refractivity contribution in [1.82, 2.24) is 4.90 Å². The molecule has 1 fully saturated rings. The van der Waals surface area contributed by atoms with Crippen LogP contribution in [0.5, 0.6) is 0 Å². The molecule has 75 valence electrons. The number of piperidine rings is 1. The van der Waals surface area contributed by atoms with E-state index >= 15 is 0 Å². The number of rotatable bonds is 4. The summed E-state index contributed by atoms with van der Waals surface area (Å²) in [7, 11) is 3.95. The Kier molecular flexibility index (Phi) is 5.62. The summed E-state index contributed by atoms with van der Waals surface area (Å²) in [5.74, 6) is 0.599. The van der Waals surface area contributed by atoms with Crippen LogP contribution in [0.1, 0.15) is 6.42 Å². The molecular weight excluding hydrogens is 273 g/mol. The van der Waals surface area contributed by atoms with E-state index in [-0.39, 0.29) is 0 Å². The van der Waals surface area contributed by atoms with Crippen molar-refractivity contribution in [2.75, 3.05) is 38.5 Å². The second-order valence-corrected chi connectivity index (χ2v) is 4.42. The van der Waals surface area contributed by atoms with Crippen LogP contribution in [0.25, 0.3) is 0 Å². The third-order valence-corrected chi connectivity index (χ3v) is 3.22. The van der Waals surface area contributed by atoms with Gasteiger partial charge in [0.05, 0.1) is 0 Å². The van der Waals surface area contributed by atoms with E-state index in [1.54, 1.807) is 7.11 Å². The molecule has 0 aromatic heterocycles. The maximum atomic E-state index is 5.48. The Labute approximate surface area is 93.8 Å². The summed E-state index contributed by atoms with van der Waals surface area (Å²) in [5.41, 5.74) is 0. The summed E-state index contributed by atoms with van der Waals surface area (Å²) in [4.78, 5) is 2.32. The molecule has 2 atom stereocenters. The number of likely N-dealkylation sites (tertiary alicyclic amines) is 1. The van der Waals surface area contributed by atoms with E-state index < -0.39 is 0 Å². The summed E-state index contributed by atoms with van der Waals surface area (Å²) < 4.78 is 11.8. The first-order valence-corrected chi connectivity index (χ1v) is 6.73. The van der Waals surface area contributed by atoms with Crippen LogP contribution in [0.4, 0.5) is 0 Å². The minimum absolute atomic E-state index is 0.362. The zero-order chi connectivity index (χ0) is 9.68. The second kappa shape index (κ2) is 6.22. The fraction of sp³-hybridized carbons (Fsp3) is 1.00. The molecular formula is C9H18NO2Sn. The molecule has 0 bridgehead atoms. The fourth-order valence-electron chi connectivity index (χ4n) is 1.79. The van der Waals surface area contributed by atoms with Crippen molar-refractivity contribution in [3.63, 3.8) is 0 Å². The average Bonchev–Trinajstić information content (AvgIpc) is 2.16. The zero-order valence-electron chi connectivity index (χ0n) is 8.45. The van der Waals surface area contributed by atoms with E-state index in [9.17, 15) is 0 Å². The number of hydrogen-bond donors (Lipinski definition) is 0. The Bertz CT molecular complexity index is 144. The van der Waals surface area contributed by atoms with Gasteiger partial charge < -0.3 is 0 Å². The predicted octanol–water partition coefficient (Wildman–Crippen LogP) is 0.0957. The van der Waals surface area contributed by atoms with E-state index in [2.05, 4.69) is 11.9 Å². The van der Waals surface area contributed by atoms with Gasteiger partial charge in [-0.25, -0.2) is 0 Å². The van der Waals surface area contributed by atoms with Crippen molar-refractivity contribution in [2.45, 2.75) is 12.5 Å². The molecule has 1 saturated heterocycles. The van der Waals surface area contributed by atoms with Gasteiger partial charge in [-0.1, -0.05) is 0 Å². The Balaban J connectivity index is 2.33. The Morgan fingerprint density at radius 2 is 2.31 bits per heavy atom. The Morgan fingerprint density at radius 1 is 1.54 bits per heavy atom. The van der Waals surface area contributed by atoms with Crippen molar-refractivity contribution in [1.29, 1.82) is 0 Å². The molecule has 0 saturated carbocycles. The molecule has 4 heteroatoms. The third kappa shape index (κ3) is 3.73. The normalized spacial score (nSPS) is 30.7. The number of hydrogen-bond acceptors (Lipinski definition) is 3. The molecule has 0 aromatic carbocycles. The van der Waals surface area contributed by atoms with Gasteiger partial charge in [0.2, 0.25) is 0 Å². The molecule has 0 aromatic rings. The van der Waals surface area contributed by atoms with Gasteiger partial charge in [-0.2, -0.15) is 0 Å². The van der Waals surface area contributed by atoms with Gasteiger partial charge in [-0.3, -0.25) is 0 Å². The average molecular weight is 291 g/mol. The minimum atomic E-state index is 0.362. The Morgan fingerprint density at radius 3 is 2.92 bits per heavy atom. The molecule has 1 rings (SSSR count). The summed E-state index contributed by atoms with van der Waals surface area (Å²) in [6, 6.07) is 0. The first kappa shape index (κ1) is 11.8. The monoisotopic (exact) mass is 292 g/mol. The van der Waals surface area contributed by atoms with Crippen molar-refractivity contribution in [3.8, 4) is 0 Å². The van der Waals surface area contributed by atoms with Crippen molar-refractivity contribution >= 4 is 22.5 Å². The molecule has 1 aliphatic heterocycles. The molecule has 0 aliphatic carbocycles. The number of methoxy groups -OCH3 is 1. The molecule has 0 N–H and O–H groups in total. The van der Waals surface area contributed by atoms with Gasteiger partial charge in [0, 0.05) is 0 Å². The predicted molar refractivity (Wildman–Crippen MR) is 53.0 cm³/mol. The van der Waals surface area contributed by atoms with Gasteiger partial charge in [0.15, 0.2) is 0 Å². The van der Waals surface area contributed by atoms with Crippen LogP contribution >= 0.6 is 0 Å². The topological polar surface area (TPSA) is 21.7 Å². The summed E-state index contributed by atoms with van der Waals surface area (Å²) in [5, 5.41) is 0. The number of ether oxygens (including phenoxy) is 2. The third-order valence-electron chi connectivity index (χ3n) is 2.64. The van der Waals surface area contributed by atoms with Crippen molar-refractivity contribution < 1.29 is 9.47 Å². The SMILES string of the molecule is COC1CN(C)CCC1CO[CH2][Sn]. The first-order chi connectivity index (χ1) is 6.27. The van der Waals surface area contributed by atoms with Crippen LogP contribution in [0.15, 0.2) is 0 Å². The van der Waals surface area contributed by atoms with Crippen LogP contribution in [-0.2, 0) is 9.47 Å². The molecule has 0 spiro atoms. The fourth-order valence-corrected chi connectivity index (χ4v) is 2.12. The maximum absolute atomic E-state index is 5.48. The van der Waals surface area contributed by atoms with Crippen LogP contribution < -0.4 is 0 Å². The van der Waals surface area contributed by atoms with Gasteiger partial charge in [-0.05, 0) is 0 Å². The number of nitrogens with zero attached hydrogens (tertiary/aromatic N) is 1. The standard InChI is InChI=1S/C9H18NO2.Sn/c1-10-5-4-8(7-11-2)9(6-10)12-3;/h8-9H,2,4-7H2,1,3H3;. The van der Waals surface area contributed by atoms with E-state index in [1.807, 2.05) is 0 Å². The molecule has 2 unspecified atom stereocenters. The summed E-state index contributed by atoms with van der Waals surface area (Å²) in [6.07, 6.45) is 1.56. The Hall–Kier alpha value is 0.679. The van der Waals surface area contributed by atoms with Gasteiger partial charge in [0.25, 0.3) is 0 Å². The molecule has 1 aliphatic rings. The quantitative estimate of drug-likeness (QED) is 0.686. The van der Waals surface area contributed by atoms with Gasteiger partial charge in [-0.15, -0.1) is 0 Å². The van der Waals surface area contributed by atoms with Crippen LogP contribution in [0, 0.1) is 5.92 Å². The second-order valence-electron chi connectivity index (χ2n) is 3.60. The molecule has 3 radical (unpaired) electrons. The van der Waals surface area contributed by atoms with Crippen LogP contribution in [0.2, 0.25) is 0 Å². The van der Waals surface area contributed by atoms with Crippen molar-refractivity contribution in [3.05, 3.63) is 0 Å². The van der Waals surface area contributed by atoms with Crippen LogP contribution in [0.3, 0.4) is 0 Å². The molecule has 13 heavy (non-hydrogen) atoms. The van der Waals surface area contributed by atoms with E-state index in [1.165, 1.54) is 35.5 Å². The first-order valence-electron chi connectivity index (χ1n) is 4.71. The number of likely N-dealkylation sites (N-methyl/N-ethyl adjacent to an activating group) is 1. The van der Waals surface area contributed by atoms with E-state index in [0.717, 1.165) is 17.8 Å². The zero-order valence-corrected chi connectivity index (χ0v) is 11.3. The summed E-state index contributed by atoms with van der Waals surface area (Å²) >= 11 is 1.45.